The Kier molecular flexibility index (Phi) is 7.73. The van der Waals surface area contributed by atoms with Gasteiger partial charge in [-0.15, -0.1) is 0 Å². The van der Waals surface area contributed by atoms with Gasteiger partial charge >= 0.3 is 0 Å². The minimum Gasteiger partial charge on any atom is -0.497 e. The zero-order chi connectivity index (χ0) is 23.8. The van der Waals surface area contributed by atoms with Crippen molar-refractivity contribution in [3.8, 4) is 17.2 Å². The molecule has 4 aromatic carbocycles. The third kappa shape index (κ3) is 5.91. The van der Waals surface area contributed by atoms with Crippen molar-refractivity contribution >= 4 is 23.4 Å². The molecule has 0 bridgehead atoms. The van der Waals surface area contributed by atoms with Crippen LogP contribution in [0, 0.1) is 0 Å². The number of methoxy groups -OCH3 is 2. The summed E-state index contributed by atoms with van der Waals surface area (Å²) in [6.45, 7) is 0.248. The summed E-state index contributed by atoms with van der Waals surface area (Å²) in [7, 11) is 3.21. The van der Waals surface area contributed by atoms with Gasteiger partial charge < -0.3 is 19.5 Å². The van der Waals surface area contributed by atoms with Gasteiger partial charge in [-0.1, -0.05) is 48.2 Å². The van der Waals surface area contributed by atoms with E-state index < -0.39 is 0 Å². The Balaban J connectivity index is 1.50. The highest BCUT2D eigenvalue weighted by Crippen LogP contribution is 2.33. The Morgan fingerprint density at radius 3 is 2.35 bits per heavy atom. The van der Waals surface area contributed by atoms with Crippen LogP contribution in [0.4, 0.5) is 5.69 Å². The van der Waals surface area contributed by atoms with E-state index in [1.165, 1.54) is 0 Å². The molecule has 0 atom stereocenters. The highest BCUT2D eigenvalue weighted by atomic mass is 32.2. The molecule has 172 valence electrons. The van der Waals surface area contributed by atoms with Crippen molar-refractivity contribution in [2.24, 2.45) is 0 Å². The molecular formula is C28H25NO4S. The Morgan fingerprint density at radius 2 is 1.56 bits per heavy atom. The molecule has 0 unspecified atom stereocenters. The first-order chi connectivity index (χ1) is 16.7. The van der Waals surface area contributed by atoms with E-state index in [-0.39, 0.29) is 12.5 Å². The second kappa shape index (κ2) is 11.3. The fourth-order valence-electron chi connectivity index (χ4n) is 3.35. The summed E-state index contributed by atoms with van der Waals surface area (Å²) >= 11 is 1.60. The number of hydrogen-bond donors (Lipinski definition) is 1. The lowest BCUT2D eigenvalue weighted by Gasteiger charge is -2.14. The minimum atomic E-state index is -0.202. The number of carbonyl (C=O) groups excluding carboxylic acids is 1. The number of amides is 1. The van der Waals surface area contributed by atoms with Crippen molar-refractivity contribution in [1.29, 1.82) is 0 Å². The number of benzene rings is 4. The van der Waals surface area contributed by atoms with Crippen molar-refractivity contribution in [3.63, 3.8) is 0 Å². The maximum Gasteiger partial charge on any atom is 0.255 e. The van der Waals surface area contributed by atoms with Gasteiger partial charge in [0.15, 0.2) is 0 Å². The van der Waals surface area contributed by atoms with Crippen molar-refractivity contribution in [2.75, 3.05) is 19.5 Å². The maximum atomic E-state index is 13.1. The van der Waals surface area contributed by atoms with Gasteiger partial charge in [0.1, 0.15) is 23.9 Å². The van der Waals surface area contributed by atoms with Crippen molar-refractivity contribution < 1.29 is 19.0 Å². The smallest absolute Gasteiger partial charge is 0.255 e. The number of para-hydroxylation sites is 1. The first-order valence-corrected chi connectivity index (χ1v) is 11.5. The first-order valence-electron chi connectivity index (χ1n) is 10.7. The van der Waals surface area contributed by atoms with Gasteiger partial charge in [-0.05, 0) is 54.6 Å². The van der Waals surface area contributed by atoms with Crippen LogP contribution in [0.15, 0.2) is 107 Å². The summed E-state index contributed by atoms with van der Waals surface area (Å²) in [5.74, 6) is 1.83. The predicted octanol–water partition coefficient (Wildman–Crippen LogP) is 6.69. The van der Waals surface area contributed by atoms with Gasteiger partial charge in [0.25, 0.3) is 5.91 Å². The van der Waals surface area contributed by atoms with Gasteiger partial charge in [0.2, 0.25) is 0 Å². The van der Waals surface area contributed by atoms with Crippen LogP contribution in [0.25, 0.3) is 0 Å². The highest BCUT2D eigenvalue weighted by molar-refractivity contribution is 7.99. The Labute approximate surface area is 203 Å². The lowest BCUT2D eigenvalue weighted by atomic mass is 10.1. The third-order valence-electron chi connectivity index (χ3n) is 5.08. The second-order valence-electron chi connectivity index (χ2n) is 7.36. The number of hydrogen-bond acceptors (Lipinski definition) is 5. The molecule has 1 amide bonds. The quantitative estimate of drug-likeness (QED) is 0.295. The third-order valence-corrected chi connectivity index (χ3v) is 6.17. The van der Waals surface area contributed by atoms with Gasteiger partial charge in [-0.25, -0.2) is 0 Å². The lowest BCUT2D eigenvalue weighted by Crippen LogP contribution is -2.13. The molecule has 0 aromatic heterocycles. The van der Waals surface area contributed by atoms with Crippen LogP contribution in [0.5, 0.6) is 17.2 Å². The van der Waals surface area contributed by atoms with Gasteiger partial charge in [-0.2, -0.15) is 0 Å². The molecule has 0 aliphatic rings. The van der Waals surface area contributed by atoms with Crippen LogP contribution in [0.2, 0.25) is 0 Å². The molecule has 0 spiro atoms. The van der Waals surface area contributed by atoms with Crippen LogP contribution in [0.1, 0.15) is 15.9 Å². The van der Waals surface area contributed by atoms with E-state index in [4.69, 9.17) is 14.2 Å². The summed E-state index contributed by atoms with van der Waals surface area (Å²) in [5.41, 5.74) is 2.04. The molecular weight excluding hydrogens is 446 g/mol. The van der Waals surface area contributed by atoms with Gasteiger partial charge in [-0.3, -0.25) is 4.79 Å². The molecule has 0 aliphatic heterocycles. The topological polar surface area (TPSA) is 56.8 Å². The SMILES string of the molecule is COc1cccc(OCc2cc(C(=O)Nc3ccccc3Sc3ccccc3)ccc2OC)c1. The standard InChI is InChI=1S/C28H25NO4S/c1-31-22-9-8-10-23(18-22)33-19-21-17-20(15-16-26(21)32-2)28(30)29-25-13-6-7-14-27(25)34-24-11-4-3-5-12-24/h3-18H,19H2,1-2H3,(H,29,30). The van der Waals surface area contributed by atoms with Crippen LogP contribution < -0.4 is 19.5 Å². The van der Waals surface area contributed by atoms with E-state index in [1.807, 2.05) is 78.9 Å². The lowest BCUT2D eigenvalue weighted by molar-refractivity contribution is 0.102. The average molecular weight is 472 g/mol. The molecule has 1 N–H and O–H groups in total. The number of carbonyl (C=O) groups is 1. The van der Waals surface area contributed by atoms with Crippen molar-refractivity contribution in [2.45, 2.75) is 16.4 Å². The zero-order valence-electron chi connectivity index (χ0n) is 19.0. The van der Waals surface area contributed by atoms with Crippen LogP contribution >= 0.6 is 11.8 Å². The molecule has 0 aliphatic carbocycles. The fourth-order valence-corrected chi connectivity index (χ4v) is 4.28. The molecule has 0 fully saturated rings. The molecule has 4 rings (SSSR count). The van der Waals surface area contributed by atoms with E-state index in [1.54, 1.807) is 44.2 Å². The number of rotatable bonds is 9. The normalized spacial score (nSPS) is 10.4. The first kappa shape index (κ1) is 23.3. The summed E-state index contributed by atoms with van der Waals surface area (Å²) in [4.78, 5) is 15.2. The molecule has 34 heavy (non-hydrogen) atoms. The minimum absolute atomic E-state index is 0.202. The van der Waals surface area contributed by atoms with Crippen molar-refractivity contribution in [3.05, 3.63) is 108 Å². The summed E-state index contributed by atoms with van der Waals surface area (Å²) in [6.07, 6.45) is 0. The van der Waals surface area contributed by atoms with Crippen LogP contribution in [-0.2, 0) is 6.61 Å². The predicted molar refractivity (Wildman–Crippen MR) is 135 cm³/mol. The number of nitrogens with one attached hydrogen (secondary N) is 1. The second-order valence-corrected chi connectivity index (χ2v) is 8.48. The average Bonchev–Trinajstić information content (AvgIpc) is 2.89. The van der Waals surface area contributed by atoms with E-state index in [9.17, 15) is 4.79 Å². The molecule has 6 heteroatoms. The monoisotopic (exact) mass is 471 g/mol. The fraction of sp³-hybridized carbons (Fsp3) is 0.107. The largest absolute Gasteiger partial charge is 0.497 e. The zero-order valence-corrected chi connectivity index (χ0v) is 19.8. The highest BCUT2D eigenvalue weighted by Gasteiger charge is 2.13. The van der Waals surface area contributed by atoms with E-state index >= 15 is 0 Å². The summed E-state index contributed by atoms with van der Waals surface area (Å²) < 4.78 is 16.6. The van der Waals surface area contributed by atoms with Crippen LogP contribution in [0.3, 0.4) is 0 Å². The van der Waals surface area contributed by atoms with Gasteiger partial charge in [0.05, 0.1) is 19.9 Å². The number of ether oxygens (including phenoxy) is 3. The Hall–Kier alpha value is -3.90. The molecule has 0 saturated carbocycles. The molecule has 0 radical (unpaired) electrons. The maximum absolute atomic E-state index is 13.1. The van der Waals surface area contributed by atoms with E-state index in [0.29, 0.717) is 22.8 Å². The Bertz CT molecular complexity index is 1260. The van der Waals surface area contributed by atoms with Crippen molar-refractivity contribution in [1.82, 2.24) is 0 Å². The molecule has 5 nitrogen and oxygen atoms in total. The van der Waals surface area contributed by atoms with Crippen LogP contribution in [-0.4, -0.2) is 20.1 Å². The summed E-state index contributed by atoms with van der Waals surface area (Å²) in [6, 6.07) is 30.5. The van der Waals surface area contributed by atoms with E-state index in [2.05, 4.69) is 5.32 Å². The molecule has 0 heterocycles. The van der Waals surface area contributed by atoms with E-state index in [0.717, 1.165) is 21.0 Å². The molecule has 0 saturated heterocycles. The Morgan fingerprint density at radius 1 is 0.794 bits per heavy atom. The summed E-state index contributed by atoms with van der Waals surface area (Å²) in [5, 5.41) is 3.04. The molecule has 4 aromatic rings. The number of anilines is 1. The van der Waals surface area contributed by atoms with Gasteiger partial charge in [0, 0.05) is 27.0 Å².